The number of aliphatic hydroxyl groups excluding tert-OH is 1. The van der Waals surface area contributed by atoms with Gasteiger partial charge in [-0.2, -0.15) is 0 Å². The number of ketones is 4. The normalized spacial score (nSPS) is 33.8. The van der Waals surface area contributed by atoms with Crippen LogP contribution in [0.4, 0.5) is 5.69 Å². The molecule has 7 N–H and O–H groups in total. The SMILES string of the molecule is CNC(C)(C)C(=O)Nc1ccc2c(c1O)C(=O)C1C(=O)[C@]3(O)C(=O)C(C(N)=O)C(=O)[C@@H](N(C)C)C3C(O)C1C2C. The van der Waals surface area contributed by atoms with E-state index in [2.05, 4.69) is 10.6 Å². The number of nitrogens with two attached hydrogens (primary N) is 1. The third kappa shape index (κ3) is 3.83. The Morgan fingerprint density at radius 3 is 2.23 bits per heavy atom. The Labute approximate surface area is 230 Å². The van der Waals surface area contributed by atoms with E-state index in [4.69, 9.17) is 5.73 Å². The lowest BCUT2D eigenvalue weighted by Gasteiger charge is -2.56. The number of Topliss-reactive ketones (excluding diaryl/α,β-unsaturated/α-hetero) is 4. The number of benzene rings is 1. The second-order valence-electron chi connectivity index (χ2n) is 11.6. The number of fused-ring (bicyclic) bond motifs is 3. The highest BCUT2D eigenvalue weighted by Crippen LogP contribution is 2.55. The second kappa shape index (κ2) is 9.54. The molecule has 6 unspecified atom stereocenters. The maximum atomic E-state index is 14.0. The number of hydrogen-bond acceptors (Lipinski definition) is 11. The molecule has 1 aromatic rings. The summed E-state index contributed by atoms with van der Waals surface area (Å²) >= 11 is 0. The number of carbonyl (C=O) groups is 6. The monoisotopic (exact) mass is 558 g/mol. The average Bonchev–Trinajstić information content (AvgIpc) is 2.87. The number of phenolic OH excluding ortho intramolecular Hbond substituents is 1. The summed E-state index contributed by atoms with van der Waals surface area (Å²) in [5, 5.41) is 39.7. The van der Waals surface area contributed by atoms with Gasteiger partial charge in [0.25, 0.3) is 0 Å². The first-order valence-corrected chi connectivity index (χ1v) is 12.8. The molecule has 0 heterocycles. The molecular formula is C27H34N4O9. The highest BCUT2D eigenvalue weighted by molar-refractivity contribution is 6.32. The number of phenols is 1. The van der Waals surface area contributed by atoms with E-state index in [1.165, 1.54) is 31.1 Å². The Hall–Kier alpha value is -3.52. The predicted molar refractivity (Wildman–Crippen MR) is 139 cm³/mol. The molecule has 8 atom stereocenters. The van der Waals surface area contributed by atoms with Crippen LogP contribution in [0.25, 0.3) is 0 Å². The van der Waals surface area contributed by atoms with Crippen molar-refractivity contribution in [1.29, 1.82) is 0 Å². The van der Waals surface area contributed by atoms with Crippen LogP contribution >= 0.6 is 0 Å². The van der Waals surface area contributed by atoms with Crippen LogP contribution < -0.4 is 16.4 Å². The molecular weight excluding hydrogens is 524 g/mol. The number of primary amides is 1. The van der Waals surface area contributed by atoms with Gasteiger partial charge in [-0.15, -0.1) is 0 Å². The van der Waals surface area contributed by atoms with E-state index in [1.807, 2.05) is 0 Å². The molecule has 0 radical (unpaired) electrons. The fraction of sp³-hybridized carbons (Fsp3) is 0.556. The molecule has 3 aliphatic carbocycles. The maximum absolute atomic E-state index is 14.0. The number of nitrogens with one attached hydrogen (secondary N) is 2. The van der Waals surface area contributed by atoms with E-state index >= 15 is 0 Å². The van der Waals surface area contributed by atoms with Crippen LogP contribution in [0, 0.1) is 23.7 Å². The lowest BCUT2D eigenvalue weighted by atomic mass is 9.49. The van der Waals surface area contributed by atoms with Crippen molar-refractivity contribution in [3.63, 3.8) is 0 Å². The second-order valence-corrected chi connectivity index (χ2v) is 11.6. The molecule has 2 amide bonds. The molecule has 0 bridgehead atoms. The van der Waals surface area contributed by atoms with Gasteiger partial charge in [0.1, 0.15) is 5.75 Å². The number of nitrogens with zero attached hydrogens (tertiary/aromatic N) is 1. The van der Waals surface area contributed by atoms with Crippen molar-refractivity contribution < 1.29 is 44.1 Å². The number of rotatable bonds is 5. The third-order valence-corrected chi connectivity index (χ3v) is 8.93. The summed E-state index contributed by atoms with van der Waals surface area (Å²) in [4.78, 5) is 80.5. The van der Waals surface area contributed by atoms with Crippen molar-refractivity contribution in [2.24, 2.45) is 29.4 Å². The van der Waals surface area contributed by atoms with Gasteiger partial charge in [0.2, 0.25) is 11.8 Å². The van der Waals surface area contributed by atoms with Gasteiger partial charge >= 0.3 is 0 Å². The first-order valence-electron chi connectivity index (χ1n) is 12.8. The topological polar surface area (TPSA) is 216 Å². The Balaban J connectivity index is 1.87. The van der Waals surface area contributed by atoms with E-state index in [-0.39, 0.29) is 16.8 Å². The minimum Gasteiger partial charge on any atom is -0.505 e. The number of carbonyl (C=O) groups excluding carboxylic acids is 6. The predicted octanol–water partition coefficient (Wildman–Crippen LogP) is -1.66. The summed E-state index contributed by atoms with van der Waals surface area (Å²) in [6.07, 6.45) is -1.72. The van der Waals surface area contributed by atoms with Gasteiger partial charge in [-0.05, 0) is 52.5 Å². The van der Waals surface area contributed by atoms with E-state index in [0.717, 1.165) is 0 Å². The number of aromatic hydroxyl groups is 1. The van der Waals surface area contributed by atoms with Crippen LogP contribution in [0.1, 0.15) is 42.6 Å². The summed E-state index contributed by atoms with van der Waals surface area (Å²) in [7, 11) is 4.42. The molecule has 2 fully saturated rings. The van der Waals surface area contributed by atoms with E-state index < -0.39 is 93.6 Å². The number of hydrogen-bond donors (Lipinski definition) is 6. The van der Waals surface area contributed by atoms with Crippen molar-refractivity contribution in [3.8, 4) is 5.75 Å². The summed E-state index contributed by atoms with van der Waals surface area (Å²) < 4.78 is 0. The lowest BCUT2D eigenvalue weighted by Crippen LogP contribution is -2.77. The zero-order chi connectivity index (χ0) is 30.2. The van der Waals surface area contributed by atoms with Crippen molar-refractivity contribution in [3.05, 3.63) is 23.3 Å². The van der Waals surface area contributed by atoms with E-state index in [9.17, 15) is 44.1 Å². The quantitative estimate of drug-likeness (QED) is 0.177. The number of anilines is 1. The molecule has 1 aromatic carbocycles. The first-order chi connectivity index (χ1) is 18.4. The van der Waals surface area contributed by atoms with Gasteiger partial charge in [0.15, 0.2) is 34.7 Å². The number of likely N-dealkylation sites (N-methyl/N-ethyl adjacent to an activating group) is 2. The fourth-order valence-corrected chi connectivity index (χ4v) is 6.48. The smallest absolute Gasteiger partial charge is 0.244 e. The Bertz CT molecular complexity index is 1360. The zero-order valence-corrected chi connectivity index (χ0v) is 23.0. The molecule has 13 heteroatoms. The molecule has 0 aliphatic heterocycles. The van der Waals surface area contributed by atoms with Crippen LogP contribution in [0.3, 0.4) is 0 Å². The Morgan fingerprint density at radius 1 is 1.10 bits per heavy atom. The van der Waals surface area contributed by atoms with Gasteiger partial charge < -0.3 is 31.7 Å². The Morgan fingerprint density at radius 2 is 1.70 bits per heavy atom. The molecule has 13 nitrogen and oxygen atoms in total. The molecule has 3 aliphatic rings. The van der Waals surface area contributed by atoms with Crippen molar-refractivity contribution >= 4 is 40.6 Å². The van der Waals surface area contributed by atoms with Crippen LogP contribution in [-0.2, 0) is 24.0 Å². The van der Waals surface area contributed by atoms with Crippen LogP contribution in [0.2, 0.25) is 0 Å². The van der Waals surface area contributed by atoms with Crippen LogP contribution in [0.5, 0.6) is 5.75 Å². The van der Waals surface area contributed by atoms with Crippen LogP contribution in [-0.4, -0.2) is 99.6 Å². The molecule has 2 saturated carbocycles. The summed E-state index contributed by atoms with van der Waals surface area (Å²) in [6, 6.07) is 1.44. The highest BCUT2D eigenvalue weighted by atomic mass is 16.3. The van der Waals surface area contributed by atoms with Gasteiger partial charge in [-0.25, -0.2) is 0 Å². The lowest BCUT2D eigenvalue weighted by molar-refractivity contribution is -0.196. The number of amides is 2. The molecule has 0 saturated heterocycles. The highest BCUT2D eigenvalue weighted by Gasteiger charge is 2.72. The van der Waals surface area contributed by atoms with Gasteiger partial charge in [0, 0.05) is 5.92 Å². The molecule has 216 valence electrons. The fourth-order valence-electron chi connectivity index (χ4n) is 6.48. The average molecular weight is 559 g/mol. The molecule has 0 spiro atoms. The minimum absolute atomic E-state index is 0.104. The van der Waals surface area contributed by atoms with Gasteiger partial charge in [-0.1, -0.05) is 13.0 Å². The van der Waals surface area contributed by atoms with Crippen molar-refractivity contribution in [2.75, 3.05) is 26.5 Å². The summed E-state index contributed by atoms with van der Waals surface area (Å²) in [5.74, 6) is -14.8. The standard InChI is InChI=1S/C27H34N4O9/c1-9-10-7-8-11(30-25(39)26(2,3)29-4)18(32)13(10)19(33)14-12(9)20(34)16-17(31(5)6)21(35)15(24(28)38)23(37)27(16,40)22(14)36/h7-9,12,14-17,20,29,32,34,40H,1-6H3,(H2,28,38)(H,30,39)/t9?,12?,14?,15?,16?,17-,20?,27-/m0/s1. The summed E-state index contributed by atoms with van der Waals surface area (Å²) in [5.41, 5.74) is 1.07. The minimum atomic E-state index is -3.08. The molecule has 4 rings (SSSR count). The van der Waals surface area contributed by atoms with Crippen molar-refractivity contribution in [1.82, 2.24) is 10.2 Å². The van der Waals surface area contributed by atoms with E-state index in [1.54, 1.807) is 27.8 Å². The molecule has 0 aromatic heterocycles. The van der Waals surface area contributed by atoms with Gasteiger partial charge in [-0.3, -0.25) is 33.7 Å². The Kier molecular flexibility index (Phi) is 7.03. The largest absolute Gasteiger partial charge is 0.505 e. The van der Waals surface area contributed by atoms with Crippen LogP contribution in [0.15, 0.2) is 12.1 Å². The van der Waals surface area contributed by atoms with Gasteiger partial charge in [0.05, 0.1) is 40.8 Å². The number of aliphatic hydroxyl groups is 2. The third-order valence-electron chi connectivity index (χ3n) is 8.93. The zero-order valence-electron chi connectivity index (χ0n) is 23.0. The maximum Gasteiger partial charge on any atom is 0.244 e. The molecule has 40 heavy (non-hydrogen) atoms. The van der Waals surface area contributed by atoms with E-state index in [0.29, 0.717) is 0 Å². The summed E-state index contributed by atoms with van der Waals surface area (Å²) in [6.45, 7) is 4.80. The van der Waals surface area contributed by atoms with Crippen molar-refractivity contribution in [2.45, 2.75) is 50.0 Å². The first kappa shape index (κ1) is 29.5.